The normalized spacial score (nSPS) is 12.6. The predicted octanol–water partition coefficient (Wildman–Crippen LogP) is 3.77. The zero-order chi connectivity index (χ0) is 11.0. The van der Waals surface area contributed by atoms with E-state index in [1.165, 1.54) is 0 Å². The van der Waals surface area contributed by atoms with Gasteiger partial charge in [-0.3, -0.25) is 0 Å². The summed E-state index contributed by atoms with van der Waals surface area (Å²) in [4.78, 5) is 3.94. The van der Waals surface area contributed by atoms with Gasteiger partial charge in [0.15, 0.2) is 6.19 Å². The molecule has 1 aliphatic rings. The van der Waals surface area contributed by atoms with Crippen LogP contribution in [0.25, 0.3) is 0 Å². The van der Waals surface area contributed by atoms with Crippen molar-refractivity contribution in [3.8, 4) is 6.19 Å². The Balaban J connectivity index is 2.24. The largest absolute Gasteiger partial charge is 0.245 e. The number of anilines is 2. The summed E-state index contributed by atoms with van der Waals surface area (Å²) in [6.45, 7) is 0. The molecule has 0 bridgehead atoms. The highest BCUT2D eigenvalue weighted by Gasteiger charge is 2.22. The van der Waals surface area contributed by atoms with Crippen LogP contribution < -0.4 is 4.90 Å². The lowest BCUT2D eigenvalue weighted by Gasteiger charge is -2.26. The fourth-order valence-electron chi connectivity index (χ4n) is 1.81. The van der Waals surface area contributed by atoms with Crippen molar-refractivity contribution in [3.63, 3.8) is 0 Å². The van der Waals surface area contributed by atoms with E-state index in [1.54, 1.807) is 16.7 Å². The molecule has 0 saturated heterocycles. The smallest absolute Gasteiger partial charge is 0.189 e. The van der Waals surface area contributed by atoms with Crippen molar-refractivity contribution in [3.05, 3.63) is 48.5 Å². The minimum Gasteiger partial charge on any atom is -0.245 e. The van der Waals surface area contributed by atoms with Crippen molar-refractivity contribution in [2.75, 3.05) is 4.90 Å². The second kappa shape index (κ2) is 3.58. The summed E-state index contributed by atoms with van der Waals surface area (Å²) in [5, 5.41) is 9.25. The van der Waals surface area contributed by atoms with E-state index in [1.807, 2.05) is 48.5 Å². The molecule has 0 radical (unpaired) electrons. The number of nitrogens with zero attached hydrogens (tertiary/aromatic N) is 2. The third kappa shape index (κ3) is 1.28. The van der Waals surface area contributed by atoms with Gasteiger partial charge >= 0.3 is 0 Å². The highest BCUT2D eigenvalue weighted by Crippen LogP contribution is 2.47. The molecule has 0 unspecified atom stereocenters. The molecular weight excluding hydrogens is 216 g/mol. The third-order valence-electron chi connectivity index (χ3n) is 2.53. The molecule has 0 atom stereocenters. The number of hydrogen-bond acceptors (Lipinski definition) is 3. The zero-order valence-corrected chi connectivity index (χ0v) is 9.24. The number of nitriles is 1. The number of rotatable bonds is 0. The summed E-state index contributed by atoms with van der Waals surface area (Å²) in [5.74, 6) is 0. The minimum absolute atomic E-state index is 0.966. The van der Waals surface area contributed by atoms with Gasteiger partial charge in [0.1, 0.15) is 0 Å². The van der Waals surface area contributed by atoms with Crippen LogP contribution in [-0.2, 0) is 0 Å². The van der Waals surface area contributed by atoms with Crippen LogP contribution in [-0.4, -0.2) is 0 Å². The van der Waals surface area contributed by atoms with E-state index >= 15 is 0 Å². The van der Waals surface area contributed by atoms with E-state index in [-0.39, 0.29) is 0 Å². The molecule has 2 aromatic rings. The monoisotopic (exact) mass is 224 g/mol. The maximum absolute atomic E-state index is 9.25. The van der Waals surface area contributed by atoms with Crippen LogP contribution in [0.1, 0.15) is 0 Å². The Morgan fingerprint density at radius 1 is 0.875 bits per heavy atom. The van der Waals surface area contributed by atoms with Crippen LogP contribution in [0.3, 0.4) is 0 Å². The Bertz CT molecular complexity index is 541. The van der Waals surface area contributed by atoms with Gasteiger partial charge in [0.05, 0.1) is 11.4 Å². The molecule has 76 valence electrons. The average molecular weight is 224 g/mol. The van der Waals surface area contributed by atoms with Crippen LogP contribution in [0, 0.1) is 11.5 Å². The molecule has 0 spiro atoms. The van der Waals surface area contributed by atoms with Crippen LogP contribution in [0.4, 0.5) is 11.4 Å². The molecule has 0 aliphatic carbocycles. The second-order valence-corrected chi connectivity index (χ2v) is 4.56. The summed E-state index contributed by atoms with van der Waals surface area (Å²) in [5.41, 5.74) is 1.93. The summed E-state index contributed by atoms with van der Waals surface area (Å²) < 4.78 is 0. The van der Waals surface area contributed by atoms with Crippen molar-refractivity contribution < 1.29 is 0 Å². The number of fused-ring (bicyclic) bond motifs is 2. The lowest BCUT2D eigenvalue weighted by molar-refractivity contribution is 1.16. The van der Waals surface area contributed by atoms with Gasteiger partial charge in [-0.1, -0.05) is 36.0 Å². The van der Waals surface area contributed by atoms with Gasteiger partial charge in [-0.25, -0.2) is 4.90 Å². The Labute approximate surface area is 98.1 Å². The first kappa shape index (κ1) is 9.32. The van der Waals surface area contributed by atoms with Gasteiger partial charge in [-0.2, -0.15) is 5.26 Å². The quantitative estimate of drug-likeness (QED) is 0.637. The van der Waals surface area contributed by atoms with Gasteiger partial charge in [0.2, 0.25) is 0 Å². The maximum Gasteiger partial charge on any atom is 0.189 e. The van der Waals surface area contributed by atoms with Gasteiger partial charge < -0.3 is 0 Å². The highest BCUT2D eigenvalue weighted by molar-refractivity contribution is 7.99. The molecule has 0 N–H and O–H groups in total. The molecule has 16 heavy (non-hydrogen) atoms. The van der Waals surface area contributed by atoms with E-state index in [9.17, 15) is 5.26 Å². The number of hydrogen-bond donors (Lipinski definition) is 0. The van der Waals surface area contributed by atoms with E-state index in [4.69, 9.17) is 0 Å². The zero-order valence-electron chi connectivity index (χ0n) is 8.42. The van der Waals surface area contributed by atoms with Crippen molar-refractivity contribution in [1.82, 2.24) is 0 Å². The fourth-order valence-corrected chi connectivity index (χ4v) is 2.87. The Hall–Kier alpha value is -1.92. The molecule has 3 heteroatoms. The fraction of sp³-hybridized carbons (Fsp3) is 0. The molecule has 1 aliphatic heterocycles. The SMILES string of the molecule is N#CN1c2ccccc2Sc2ccccc21. The second-order valence-electron chi connectivity index (χ2n) is 3.47. The highest BCUT2D eigenvalue weighted by atomic mass is 32.2. The van der Waals surface area contributed by atoms with Crippen molar-refractivity contribution in [2.24, 2.45) is 0 Å². The first-order valence-corrected chi connectivity index (χ1v) is 5.77. The Kier molecular flexibility index (Phi) is 2.09. The van der Waals surface area contributed by atoms with E-state index < -0.39 is 0 Å². The first-order chi connectivity index (χ1) is 7.90. The van der Waals surface area contributed by atoms with Gasteiger partial charge in [0.25, 0.3) is 0 Å². The lowest BCUT2D eigenvalue weighted by atomic mass is 10.2. The van der Waals surface area contributed by atoms with E-state index in [0.717, 1.165) is 21.2 Å². The topological polar surface area (TPSA) is 27.0 Å². The van der Waals surface area contributed by atoms with Gasteiger partial charge in [-0.05, 0) is 24.3 Å². The summed E-state index contributed by atoms with van der Waals surface area (Å²) in [7, 11) is 0. The van der Waals surface area contributed by atoms with Crippen LogP contribution in [0.15, 0.2) is 58.3 Å². The molecule has 2 nitrogen and oxygen atoms in total. The molecule has 2 aromatic carbocycles. The minimum atomic E-state index is 0.966. The van der Waals surface area contributed by atoms with E-state index in [2.05, 4.69) is 6.19 Å². The molecule has 3 rings (SSSR count). The van der Waals surface area contributed by atoms with Gasteiger partial charge in [0, 0.05) is 9.79 Å². The molecule has 0 fully saturated rings. The van der Waals surface area contributed by atoms with Crippen molar-refractivity contribution in [1.29, 1.82) is 5.26 Å². The molecule has 0 saturated carbocycles. The Morgan fingerprint density at radius 3 is 1.88 bits per heavy atom. The standard InChI is InChI=1S/C13H8N2S/c14-9-15-10-5-1-3-7-12(10)16-13-8-4-2-6-11(13)15/h1-8H. The molecule has 0 amide bonds. The number of para-hydroxylation sites is 2. The summed E-state index contributed by atoms with van der Waals surface area (Å²) in [6.07, 6.45) is 2.24. The summed E-state index contributed by atoms with van der Waals surface area (Å²) >= 11 is 1.71. The predicted molar refractivity (Wildman–Crippen MR) is 64.8 cm³/mol. The molecule has 0 aromatic heterocycles. The average Bonchev–Trinajstić information content (AvgIpc) is 2.36. The molecule has 1 heterocycles. The molecular formula is C13H8N2S. The maximum atomic E-state index is 9.25. The van der Waals surface area contributed by atoms with E-state index in [0.29, 0.717) is 0 Å². The first-order valence-electron chi connectivity index (χ1n) is 4.96. The van der Waals surface area contributed by atoms with Crippen LogP contribution in [0.5, 0.6) is 0 Å². The third-order valence-corrected chi connectivity index (χ3v) is 3.66. The number of benzene rings is 2. The Morgan fingerprint density at radius 2 is 1.38 bits per heavy atom. The van der Waals surface area contributed by atoms with Gasteiger partial charge in [-0.15, -0.1) is 0 Å². The summed E-state index contributed by atoms with van der Waals surface area (Å²) in [6, 6.07) is 15.9. The van der Waals surface area contributed by atoms with Crippen molar-refractivity contribution in [2.45, 2.75) is 9.79 Å². The lowest BCUT2D eigenvalue weighted by Crippen LogP contribution is -2.13. The van der Waals surface area contributed by atoms with Crippen molar-refractivity contribution >= 4 is 23.1 Å². The van der Waals surface area contributed by atoms with Crippen LogP contribution in [0.2, 0.25) is 0 Å². The van der Waals surface area contributed by atoms with Crippen LogP contribution >= 0.6 is 11.8 Å².